The number of rotatable bonds is 7. The third-order valence-electron chi connectivity index (χ3n) is 3.19. The van der Waals surface area contributed by atoms with E-state index in [0.717, 1.165) is 31.6 Å². The Morgan fingerprint density at radius 1 is 1.43 bits per heavy atom. The number of ether oxygens (including phenoxy) is 1. The van der Waals surface area contributed by atoms with E-state index in [1.54, 1.807) is 18.3 Å². The molecule has 1 aromatic heterocycles. The fourth-order valence-electron chi connectivity index (χ4n) is 2.02. The molecular weight excluding hydrogens is 268 g/mol. The van der Waals surface area contributed by atoms with Gasteiger partial charge >= 0.3 is 5.97 Å². The van der Waals surface area contributed by atoms with E-state index in [1.165, 1.54) is 7.11 Å². The zero-order chi connectivity index (χ0) is 15.1. The van der Waals surface area contributed by atoms with E-state index in [-0.39, 0.29) is 0 Å². The van der Waals surface area contributed by atoms with Gasteiger partial charge in [0.1, 0.15) is 0 Å². The van der Waals surface area contributed by atoms with Crippen LogP contribution < -0.4 is 11.1 Å². The minimum Gasteiger partial charge on any atom is -0.465 e. The lowest BCUT2D eigenvalue weighted by atomic mass is 10.1. The number of benzene rings is 1. The van der Waals surface area contributed by atoms with Crippen LogP contribution in [0.25, 0.3) is 0 Å². The smallest absolute Gasteiger partial charge is 0.340 e. The Kier molecular flexibility index (Phi) is 5.20. The number of nitrogens with two attached hydrogens (primary N) is 1. The third-order valence-corrected chi connectivity index (χ3v) is 3.19. The molecule has 0 aliphatic heterocycles. The van der Waals surface area contributed by atoms with Gasteiger partial charge in [0.2, 0.25) is 0 Å². The van der Waals surface area contributed by atoms with Crippen molar-refractivity contribution in [3.63, 3.8) is 0 Å². The fraction of sp³-hybridized carbons (Fsp3) is 0.333. The standard InChI is InChI=1S/C15H20N4O2/c1-21-15(20)13-10-12(4-5-14(13)16)18-6-2-3-8-19-9-7-17-11-19/h4-5,7,9-11,18H,2-3,6,8,16H2,1H3. The Labute approximate surface area is 123 Å². The maximum Gasteiger partial charge on any atom is 0.340 e. The first-order chi connectivity index (χ1) is 10.2. The maximum atomic E-state index is 11.6. The van der Waals surface area contributed by atoms with Gasteiger partial charge in [0.05, 0.1) is 19.0 Å². The number of aromatic nitrogens is 2. The van der Waals surface area contributed by atoms with Gasteiger partial charge in [-0.15, -0.1) is 0 Å². The molecule has 1 aromatic carbocycles. The quantitative estimate of drug-likeness (QED) is 0.463. The second-order valence-corrected chi connectivity index (χ2v) is 4.73. The first-order valence-corrected chi connectivity index (χ1v) is 6.88. The Morgan fingerprint density at radius 2 is 2.29 bits per heavy atom. The molecule has 2 aromatic rings. The summed E-state index contributed by atoms with van der Waals surface area (Å²) in [6.45, 7) is 1.79. The molecule has 0 fully saturated rings. The van der Waals surface area contributed by atoms with Crippen LogP contribution in [0.5, 0.6) is 0 Å². The normalized spacial score (nSPS) is 10.3. The van der Waals surface area contributed by atoms with Crippen LogP contribution in [0, 0.1) is 0 Å². The molecule has 0 aliphatic rings. The van der Waals surface area contributed by atoms with Crippen molar-refractivity contribution in [3.8, 4) is 0 Å². The van der Waals surface area contributed by atoms with E-state index in [9.17, 15) is 4.79 Å². The molecule has 0 atom stereocenters. The van der Waals surface area contributed by atoms with E-state index in [1.807, 2.05) is 18.6 Å². The van der Waals surface area contributed by atoms with Gasteiger partial charge in [-0.1, -0.05) is 0 Å². The van der Waals surface area contributed by atoms with Crippen LogP contribution in [-0.4, -0.2) is 29.2 Å². The number of carbonyl (C=O) groups excluding carboxylic acids is 1. The van der Waals surface area contributed by atoms with E-state index in [2.05, 4.69) is 14.9 Å². The van der Waals surface area contributed by atoms with Gasteiger partial charge in [-0.3, -0.25) is 0 Å². The van der Waals surface area contributed by atoms with E-state index in [4.69, 9.17) is 10.5 Å². The highest BCUT2D eigenvalue weighted by Crippen LogP contribution is 2.18. The number of nitrogens with zero attached hydrogens (tertiary/aromatic N) is 2. The monoisotopic (exact) mass is 288 g/mol. The van der Waals surface area contributed by atoms with Crippen molar-refractivity contribution in [2.24, 2.45) is 0 Å². The molecule has 6 nitrogen and oxygen atoms in total. The lowest BCUT2D eigenvalue weighted by Crippen LogP contribution is -2.08. The Balaban J connectivity index is 1.79. The molecule has 0 amide bonds. The van der Waals surface area contributed by atoms with E-state index in [0.29, 0.717) is 11.3 Å². The van der Waals surface area contributed by atoms with Crippen molar-refractivity contribution >= 4 is 17.3 Å². The summed E-state index contributed by atoms with van der Waals surface area (Å²) in [5.74, 6) is -0.420. The average molecular weight is 288 g/mol. The summed E-state index contributed by atoms with van der Waals surface area (Å²) in [5.41, 5.74) is 7.44. The van der Waals surface area contributed by atoms with Crippen molar-refractivity contribution in [3.05, 3.63) is 42.5 Å². The number of anilines is 2. The summed E-state index contributed by atoms with van der Waals surface area (Å²) >= 11 is 0. The topological polar surface area (TPSA) is 82.2 Å². The van der Waals surface area contributed by atoms with Crippen LogP contribution in [0.1, 0.15) is 23.2 Å². The molecule has 6 heteroatoms. The Hall–Kier alpha value is -2.50. The first kappa shape index (κ1) is 14.9. The number of nitrogen functional groups attached to an aromatic ring is 1. The number of hydrogen-bond acceptors (Lipinski definition) is 5. The van der Waals surface area contributed by atoms with Crippen LogP contribution in [0.15, 0.2) is 36.9 Å². The number of nitrogens with one attached hydrogen (secondary N) is 1. The largest absolute Gasteiger partial charge is 0.465 e. The first-order valence-electron chi connectivity index (χ1n) is 6.88. The predicted molar refractivity (Wildman–Crippen MR) is 82.1 cm³/mol. The number of unbranched alkanes of at least 4 members (excludes halogenated alkanes) is 1. The van der Waals surface area contributed by atoms with Crippen molar-refractivity contribution in [1.82, 2.24) is 9.55 Å². The second-order valence-electron chi connectivity index (χ2n) is 4.73. The number of carbonyl (C=O) groups is 1. The summed E-state index contributed by atoms with van der Waals surface area (Å²) < 4.78 is 6.76. The zero-order valence-electron chi connectivity index (χ0n) is 12.1. The van der Waals surface area contributed by atoms with Crippen LogP contribution in [0.3, 0.4) is 0 Å². The Morgan fingerprint density at radius 3 is 3.00 bits per heavy atom. The number of aryl methyl sites for hydroxylation is 1. The number of esters is 1. The van der Waals surface area contributed by atoms with Crippen LogP contribution in [-0.2, 0) is 11.3 Å². The van der Waals surface area contributed by atoms with Crippen LogP contribution in [0.2, 0.25) is 0 Å². The molecule has 2 rings (SSSR count). The summed E-state index contributed by atoms with van der Waals surface area (Å²) in [4.78, 5) is 15.6. The van der Waals surface area contributed by atoms with Gasteiger partial charge in [-0.05, 0) is 31.0 Å². The van der Waals surface area contributed by atoms with Gasteiger partial charge in [-0.25, -0.2) is 9.78 Å². The predicted octanol–water partition coefficient (Wildman–Crippen LogP) is 2.14. The molecule has 3 N–H and O–H groups in total. The van der Waals surface area contributed by atoms with E-state index < -0.39 is 5.97 Å². The summed E-state index contributed by atoms with van der Waals surface area (Å²) in [7, 11) is 1.35. The van der Waals surface area contributed by atoms with Crippen molar-refractivity contribution in [2.45, 2.75) is 19.4 Å². The second kappa shape index (κ2) is 7.33. The number of imidazole rings is 1. The Bertz CT molecular complexity index is 581. The van der Waals surface area contributed by atoms with Gasteiger partial charge in [-0.2, -0.15) is 0 Å². The third kappa shape index (κ3) is 4.24. The molecule has 112 valence electrons. The van der Waals surface area contributed by atoms with Gasteiger partial charge in [0.15, 0.2) is 0 Å². The molecule has 0 radical (unpaired) electrons. The lowest BCUT2D eigenvalue weighted by molar-refractivity contribution is 0.0602. The molecule has 0 saturated heterocycles. The number of methoxy groups -OCH3 is 1. The molecule has 0 aliphatic carbocycles. The molecule has 0 saturated carbocycles. The average Bonchev–Trinajstić information content (AvgIpc) is 3.01. The summed E-state index contributed by atoms with van der Waals surface area (Å²) in [5, 5.41) is 3.28. The molecule has 21 heavy (non-hydrogen) atoms. The van der Waals surface area contributed by atoms with Crippen molar-refractivity contribution < 1.29 is 9.53 Å². The fourth-order valence-corrected chi connectivity index (χ4v) is 2.02. The highest BCUT2D eigenvalue weighted by molar-refractivity contribution is 5.96. The minimum atomic E-state index is -0.420. The SMILES string of the molecule is COC(=O)c1cc(NCCCCn2ccnc2)ccc1N. The lowest BCUT2D eigenvalue weighted by Gasteiger charge is -2.10. The summed E-state index contributed by atoms with van der Waals surface area (Å²) in [6.07, 6.45) is 7.63. The van der Waals surface area contributed by atoms with Crippen molar-refractivity contribution in [1.29, 1.82) is 0 Å². The minimum absolute atomic E-state index is 0.390. The maximum absolute atomic E-state index is 11.6. The molecule has 0 bridgehead atoms. The van der Waals surface area contributed by atoms with Crippen LogP contribution >= 0.6 is 0 Å². The molecule has 0 spiro atoms. The zero-order valence-corrected chi connectivity index (χ0v) is 12.1. The highest BCUT2D eigenvalue weighted by Gasteiger charge is 2.10. The summed E-state index contributed by atoms with van der Waals surface area (Å²) in [6, 6.07) is 5.29. The van der Waals surface area contributed by atoms with Gasteiger partial charge < -0.3 is 20.4 Å². The number of hydrogen-bond donors (Lipinski definition) is 2. The molecule has 1 heterocycles. The van der Waals surface area contributed by atoms with Gasteiger partial charge in [0, 0.05) is 36.9 Å². The highest BCUT2D eigenvalue weighted by atomic mass is 16.5. The van der Waals surface area contributed by atoms with E-state index >= 15 is 0 Å². The molecular formula is C15H20N4O2. The molecule has 0 unspecified atom stereocenters. The van der Waals surface area contributed by atoms with Crippen LogP contribution in [0.4, 0.5) is 11.4 Å². The van der Waals surface area contributed by atoms with Gasteiger partial charge in [0.25, 0.3) is 0 Å². The van der Waals surface area contributed by atoms with Crippen molar-refractivity contribution in [2.75, 3.05) is 24.7 Å².